The molecule has 6 nitrogen and oxygen atoms in total. The number of sulfonamides is 1. The van der Waals surface area contributed by atoms with Gasteiger partial charge in [-0.25, -0.2) is 13.8 Å². The Bertz CT molecular complexity index is 876. The Kier molecular flexibility index (Phi) is 6.33. The first-order chi connectivity index (χ1) is 11.8. The number of benzene rings is 2. The highest BCUT2D eigenvalue weighted by molar-refractivity contribution is 9.10. The smallest absolute Gasteiger partial charge is 0.271 e. The summed E-state index contributed by atoms with van der Waals surface area (Å²) in [6, 6.07) is 12.4. The quantitative estimate of drug-likeness (QED) is 0.547. The molecule has 0 radical (unpaired) electrons. The van der Waals surface area contributed by atoms with Gasteiger partial charge in [-0.3, -0.25) is 9.52 Å². The van der Waals surface area contributed by atoms with Gasteiger partial charge in [-0.05, 0) is 61.9 Å². The van der Waals surface area contributed by atoms with Gasteiger partial charge in [0.15, 0.2) is 0 Å². The van der Waals surface area contributed by atoms with Gasteiger partial charge in [0.25, 0.3) is 15.9 Å². The van der Waals surface area contributed by atoms with Gasteiger partial charge in [0.2, 0.25) is 0 Å². The van der Waals surface area contributed by atoms with Crippen molar-refractivity contribution < 1.29 is 13.2 Å². The summed E-state index contributed by atoms with van der Waals surface area (Å²) in [4.78, 5) is 12.1. The number of hydrazone groups is 1. The van der Waals surface area contributed by atoms with E-state index in [1.165, 1.54) is 36.4 Å². The molecule has 1 amide bonds. The first kappa shape index (κ1) is 19.1. The van der Waals surface area contributed by atoms with Crippen molar-refractivity contribution in [2.24, 2.45) is 5.10 Å². The van der Waals surface area contributed by atoms with Crippen LogP contribution in [0, 0.1) is 0 Å². The molecule has 0 saturated carbocycles. The molecule has 8 heteroatoms. The molecule has 0 bridgehead atoms. The third kappa shape index (κ3) is 5.40. The van der Waals surface area contributed by atoms with Crippen LogP contribution in [0.15, 0.2) is 63.0 Å². The number of carbonyl (C=O) groups is 1. The standard InChI is InChI=1S/C17H18BrN3O3S/c1-3-12(2)19-20-17(22)13-4-8-15(9-5-13)21-25(23,24)16-10-6-14(18)7-11-16/h4-11,21H,3H2,1-2H3,(H,20,22). The fourth-order valence-corrected chi connectivity index (χ4v) is 3.13. The van der Waals surface area contributed by atoms with Crippen molar-refractivity contribution in [1.29, 1.82) is 0 Å². The molecular formula is C17H18BrN3O3S. The minimum Gasteiger partial charge on any atom is -0.280 e. The number of amides is 1. The summed E-state index contributed by atoms with van der Waals surface area (Å²) >= 11 is 3.26. The molecular weight excluding hydrogens is 406 g/mol. The third-order valence-corrected chi connectivity index (χ3v) is 5.31. The molecule has 132 valence electrons. The largest absolute Gasteiger partial charge is 0.280 e. The predicted octanol–water partition coefficient (Wildman–Crippen LogP) is 3.77. The molecule has 2 aromatic rings. The first-order valence-corrected chi connectivity index (χ1v) is 9.81. The van der Waals surface area contributed by atoms with Crippen molar-refractivity contribution in [3.63, 3.8) is 0 Å². The van der Waals surface area contributed by atoms with Crippen LogP contribution in [0.3, 0.4) is 0 Å². The number of nitrogens with one attached hydrogen (secondary N) is 2. The Hall–Kier alpha value is -2.19. The molecule has 0 fully saturated rings. The summed E-state index contributed by atoms with van der Waals surface area (Å²) in [5.74, 6) is -0.352. The Morgan fingerprint density at radius 3 is 2.24 bits per heavy atom. The molecule has 0 aliphatic heterocycles. The van der Waals surface area contributed by atoms with Crippen molar-refractivity contribution in [3.05, 3.63) is 58.6 Å². The molecule has 0 atom stereocenters. The summed E-state index contributed by atoms with van der Waals surface area (Å²) in [5.41, 5.74) is 4.02. The second kappa shape index (κ2) is 8.26. The number of nitrogens with zero attached hydrogens (tertiary/aromatic N) is 1. The molecule has 0 heterocycles. The average Bonchev–Trinajstić information content (AvgIpc) is 2.60. The molecule has 0 aromatic heterocycles. The van der Waals surface area contributed by atoms with Crippen molar-refractivity contribution in [3.8, 4) is 0 Å². The van der Waals surface area contributed by atoms with Gasteiger partial charge in [-0.15, -0.1) is 0 Å². The highest BCUT2D eigenvalue weighted by Gasteiger charge is 2.14. The zero-order valence-corrected chi connectivity index (χ0v) is 16.2. The van der Waals surface area contributed by atoms with Crippen molar-refractivity contribution >= 4 is 43.3 Å². The second-order valence-electron chi connectivity index (χ2n) is 5.28. The van der Waals surface area contributed by atoms with Crippen molar-refractivity contribution in [2.75, 3.05) is 4.72 Å². The van der Waals surface area contributed by atoms with Crippen LogP contribution in [-0.4, -0.2) is 20.0 Å². The van der Waals surface area contributed by atoms with Crippen LogP contribution in [-0.2, 0) is 10.0 Å². The lowest BCUT2D eigenvalue weighted by atomic mass is 10.2. The van der Waals surface area contributed by atoms with Gasteiger partial charge in [0.1, 0.15) is 0 Å². The Morgan fingerprint density at radius 1 is 1.08 bits per heavy atom. The summed E-state index contributed by atoms with van der Waals surface area (Å²) in [6.07, 6.45) is 0.747. The van der Waals surface area contributed by atoms with E-state index in [1.807, 2.05) is 13.8 Å². The van der Waals surface area contributed by atoms with Gasteiger partial charge >= 0.3 is 0 Å². The first-order valence-electron chi connectivity index (χ1n) is 7.54. The zero-order valence-electron chi connectivity index (χ0n) is 13.8. The fourth-order valence-electron chi connectivity index (χ4n) is 1.81. The van der Waals surface area contributed by atoms with E-state index < -0.39 is 10.0 Å². The van der Waals surface area contributed by atoms with E-state index >= 15 is 0 Å². The van der Waals surface area contributed by atoms with E-state index in [1.54, 1.807) is 12.1 Å². The minimum absolute atomic E-state index is 0.155. The van der Waals surface area contributed by atoms with Crippen LogP contribution in [0.4, 0.5) is 5.69 Å². The lowest BCUT2D eigenvalue weighted by Gasteiger charge is -2.09. The predicted molar refractivity (Wildman–Crippen MR) is 102 cm³/mol. The molecule has 0 unspecified atom stereocenters. The van der Waals surface area contributed by atoms with E-state index in [4.69, 9.17) is 0 Å². The topological polar surface area (TPSA) is 87.6 Å². The number of hydrogen-bond acceptors (Lipinski definition) is 4. The lowest BCUT2D eigenvalue weighted by molar-refractivity contribution is 0.0954. The number of hydrogen-bond donors (Lipinski definition) is 2. The number of carbonyl (C=O) groups excluding carboxylic acids is 1. The van der Waals surface area contributed by atoms with Gasteiger partial charge in [0.05, 0.1) is 4.90 Å². The summed E-state index contributed by atoms with van der Waals surface area (Å²) in [7, 11) is -3.68. The SMILES string of the molecule is CCC(C)=NNC(=O)c1ccc(NS(=O)(=O)c2ccc(Br)cc2)cc1. The summed E-state index contributed by atoms with van der Waals surface area (Å²) in [6.45, 7) is 3.76. The molecule has 2 aromatic carbocycles. The van der Waals surface area contributed by atoms with E-state index in [0.29, 0.717) is 11.3 Å². The monoisotopic (exact) mass is 423 g/mol. The Labute approximate surface area is 155 Å². The number of rotatable bonds is 6. The van der Waals surface area contributed by atoms with E-state index in [9.17, 15) is 13.2 Å². The van der Waals surface area contributed by atoms with Crippen LogP contribution in [0.25, 0.3) is 0 Å². The van der Waals surface area contributed by atoms with Crippen LogP contribution in [0.1, 0.15) is 30.6 Å². The molecule has 25 heavy (non-hydrogen) atoms. The molecule has 2 rings (SSSR count). The normalized spacial score (nSPS) is 11.9. The van der Waals surface area contributed by atoms with Crippen molar-refractivity contribution in [1.82, 2.24) is 5.43 Å². The molecule has 0 aliphatic rings. The summed E-state index contributed by atoms with van der Waals surface area (Å²) in [5, 5.41) is 3.95. The van der Waals surface area contributed by atoms with Crippen LogP contribution in [0.2, 0.25) is 0 Å². The molecule has 2 N–H and O–H groups in total. The van der Waals surface area contributed by atoms with Crippen LogP contribution >= 0.6 is 15.9 Å². The van der Waals surface area contributed by atoms with Crippen molar-refractivity contribution in [2.45, 2.75) is 25.2 Å². The van der Waals surface area contributed by atoms with Gasteiger partial charge < -0.3 is 0 Å². The van der Waals surface area contributed by atoms with Gasteiger partial charge in [-0.1, -0.05) is 22.9 Å². The zero-order chi connectivity index (χ0) is 18.4. The Balaban J connectivity index is 2.09. The lowest BCUT2D eigenvalue weighted by Crippen LogP contribution is -2.19. The second-order valence-corrected chi connectivity index (χ2v) is 7.88. The summed E-state index contributed by atoms with van der Waals surface area (Å²) < 4.78 is 27.9. The van der Waals surface area contributed by atoms with E-state index in [0.717, 1.165) is 16.6 Å². The average molecular weight is 424 g/mol. The van der Waals surface area contributed by atoms with E-state index in [2.05, 4.69) is 31.2 Å². The van der Waals surface area contributed by atoms with Gasteiger partial charge in [0, 0.05) is 21.4 Å². The van der Waals surface area contributed by atoms with Crippen LogP contribution < -0.4 is 10.1 Å². The molecule has 0 saturated heterocycles. The highest BCUT2D eigenvalue weighted by Crippen LogP contribution is 2.19. The minimum atomic E-state index is -3.68. The number of anilines is 1. The maximum Gasteiger partial charge on any atom is 0.271 e. The Morgan fingerprint density at radius 2 is 1.68 bits per heavy atom. The molecule has 0 spiro atoms. The fraction of sp³-hybridized carbons (Fsp3) is 0.176. The van der Waals surface area contributed by atoms with Gasteiger partial charge in [-0.2, -0.15) is 5.10 Å². The third-order valence-electron chi connectivity index (χ3n) is 3.38. The molecule has 0 aliphatic carbocycles. The maximum absolute atomic E-state index is 12.3. The van der Waals surface area contributed by atoms with E-state index in [-0.39, 0.29) is 10.8 Å². The number of halogens is 1. The highest BCUT2D eigenvalue weighted by atomic mass is 79.9. The maximum atomic E-state index is 12.3. The van der Waals surface area contributed by atoms with Crippen LogP contribution in [0.5, 0.6) is 0 Å².